The van der Waals surface area contributed by atoms with Gasteiger partial charge in [0.05, 0.1) is 0 Å². The van der Waals surface area contributed by atoms with E-state index < -0.39 is 0 Å². The first-order valence-electron chi connectivity index (χ1n) is 8.87. The van der Waals surface area contributed by atoms with Crippen LogP contribution in [-0.2, 0) is 6.42 Å². The van der Waals surface area contributed by atoms with Crippen LogP contribution >= 0.6 is 0 Å². The zero-order chi connectivity index (χ0) is 17.2. The highest BCUT2D eigenvalue weighted by molar-refractivity contribution is 5.77. The molecule has 0 saturated carbocycles. The lowest BCUT2D eigenvalue weighted by Gasteiger charge is -2.28. The summed E-state index contributed by atoms with van der Waals surface area (Å²) >= 11 is 0. The van der Waals surface area contributed by atoms with Crippen molar-refractivity contribution in [3.63, 3.8) is 0 Å². The standard InChI is InChI=1S/C24H22O/c1-3-18-8-7-11-20(15-18)21-12-13-23-22(16-21)17(2)14-24(25-23)19-9-5-4-6-10-19/h4-13,15-16,24H,2-3,14H2,1H3. The minimum atomic E-state index is 0.0514. The van der Waals surface area contributed by atoms with Gasteiger partial charge in [0.2, 0.25) is 0 Å². The van der Waals surface area contributed by atoms with E-state index in [-0.39, 0.29) is 6.10 Å². The molecule has 0 spiro atoms. The lowest BCUT2D eigenvalue weighted by atomic mass is 9.91. The fourth-order valence-electron chi connectivity index (χ4n) is 3.44. The minimum absolute atomic E-state index is 0.0514. The zero-order valence-corrected chi connectivity index (χ0v) is 14.5. The van der Waals surface area contributed by atoms with Crippen molar-refractivity contribution in [1.82, 2.24) is 0 Å². The van der Waals surface area contributed by atoms with Crippen LogP contribution in [0.3, 0.4) is 0 Å². The topological polar surface area (TPSA) is 9.23 Å². The van der Waals surface area contributed by atoms with Crippen LogP contribution in [0.4, 0.5) is 0 Å². The number of benzene rings is 3. The van der Waals surface area contributed by atoms with Gasteiger partial charge in [-0.15, -0.1) is 0 Å². The molecule has 3 aromatic carbocycles. The van der Waals surface area contributed by atoms with Gasteiger partial charge >= 0.3 is 0 Å². The average Bonchev–Trinajstić information content (AvgIpc) is 2.68. The van der Waals surface area contributed by atoms with Crippen LogP contribution in [0, 0.1) is 0 Å². The van der Waals surface area contributed by atoms with E-state index in [0.717, 1.165) is 29.7 Å². The van der Waals surface area contributed by atoms with E-state index in [2.05, 4.69) is 80.2 Å². The summed E-state index contributed by atoms with van der Waals surface area (Å²) in [4.78, 5) is 0. The van der Waals surface area contributed by atoms with Crippen LogP contribution in [0.2, 0.25) is 0 Å². The third-order valence-corrected chi connectivity index (χ3v) is 4.90. The first-order valence-corrected chi connectivity index (χ1v) is 8.87. The smallest absolute Gasteiger partial charge is 0.128 e. The molecule has 0 fully saturated rings. The van der Waals surface area contributed by atoms with Crippen LogP contribution < -0.4 is 4.74 Å². The summed E-state index contributed by atoms with van der Waals surface area (Å²) in [6, 6.07) is 25.6. The van der Waals surface area contributed by atoms with Gasteiger partial charge in [-0.05, 0) is 46.4 Å². The summed E-state index contributed by atoms with van der Waals surface area (Å²) in [5.41, 5.74) is 7.30. The Bertz CT molecular complexity index is 908. The third kappa shape index (κ3) is 3.10. The maximum Gasteiger partial charge on any atom is 0.128 e. The van der Waals surface area contributed by atoms with Crippen molar-refractivity contribution in [2.24, 2.45) is 0 Å². The SMILES string of the molecule is C=C1CC(c2ccccc2)Oc2ccc(-c3cccc(CC)c3)cc21. The van der Waals surface area contributed by atoms with E-state index in [1.807, 2.05) is 6.07 Å². The van der Waals surface area contributed by atoms with Gasteiger partial charge in [-0.1, -0.05) is 74.2 Å². The predicted octanol–water partition coefficient (Wildman–Crippen LogP) is 6.45. The molecular formula is C24H22O. The molecule has 1 heteroatoms. The van der Waals surface area contributed by atoms with Gasteiger partial charge in [0, 0.05) is 12.0 Å². The molecule has 0 saturated heterocycles. The maximum absolute atomic E-state index is 6.26. The Morgan fingerprint density at radius 2 is 1.72 bits per heavy atom. The van der Waals surface area contributed by atoms with Crippen LogP contribution in [-0.4, -0.2) is 0 Å². The second-order valence-corrected chi connectivity index (χ2v) is 6.59. The summed E-state index contributed by atoms with van der Waals surface area (Å²) in [6.07, 6.45) is 1.93. The molecule has 0 bridgehead atoms. The number of ether oxygens (including phenoxy) is 1. The van der Waals surface area contributed by atoms with Crippen molar-refractivity contribution < 1.29 is 4.74 Å². The number of fused-ring (bicyclic) bond motifs is 1. The number of rotatable bonds is 3. The lowest BCUT2D eigenvalue weighted by Crippen LogP contribution is -2.14. The molecule has 0 aliphatic carbocycles. The van der Waals surface area contributed by atoms with Crippen LogP contribution in [0.15, 0.2) is 79.4 Å². The molecule has 1 aliphatic heterocycles. The summed E-state index contributed by atoms with van der Waals surface area (Å²) in [5.74, 6) is 0.931. The molecule has 0 radical (unpaired) electrons. The molecule has 124 valence electrons. The number of hydrogen-bond donors (Lipinski definition) is 0. The molecule has 0 amide bonds. The fraction of sp³-hybridized carbons (Fsp3) is 0.167. The highest BCUT2D eigenvalue weighted by Gasteiger charge is 2.24. The summed E-state index contributed by atoms with van der Waals surface area (Å²) in [7, 11) is 0. The van der Waals surface area contributed by atoms with Crippen molar-refractivity contribution in [2.75, 3.05) is 0 Å². The van der Waals surface area contributed by atoms with Crippen molar-refractivity contribution in [3.8, 4) is 16.9 Å². The van der Waals surface area contributed by atoms with Gasteiger partial charge in [-0.25, -0.2) is 0 Å². The lowest BCUT2D eigenvalue weighted by molar-refractivity contribution is 0.202. The van der Waals surface area contributed by atoms with E-state index in [1.165, 1.54) is 22.3 Å². The normalized spacial score (nSPS) is 16.2. The van der Waals surface area contributed by atoms with Crippen LogP contribution in [0.5, 0.6) is 5.75 Å². The highest BCUT2D eigenvalue weighted by Crippen LogP contribution is 2.42. The van der Waals surface area contributed by atoms with Crippen molar-refractivity contribution in [1.29, 1.82) is 0 Å². The first-order chi connectivity index (χ1) is 12.2. The minimum Gasteiger partial charge on any atom is -0.485 e. The Kier molecular flexibility index (Phi) is 4.15. The summed E-state index contributed by atoms with van der Waals surface area (Å²) in [5, 5.41) is 0. The van der Waals surface area contributed by atoms with E-state index in [9.17, 15) is 0 Å². The Morgan fingerprint density at radius 3 is 2.52 bits per heavy atom. The third-order valence-electron chi connectivity index (χ3n) is 4.90. The molecular weight excluding hydrogens is 304 g/mol. The average molecular weight is 326 g/mol. The van der Waals surface area contributed by atoms with Gasteiger partial charge in [0.15, 0.2) is 0 Å². The van der Waals surface area contributed by atoms with Crippen LogP contribution in [0.25, 0.3) is 16.7 Å². The highest BCUT2D eigenvalue weighted by atomic mass is 16.5. The zero-order valence-electron chi connectivity index (χ0n) is 14.5. The van der Waals surface area contributed by atoms with E-state index in [1.54, 1.807) is 0 Å². The van der Waals surface area contributed by atoms with Crippen molar-refractivity contribution >= 4 is 5.57 Å². The maximum atomic E-state index is 6.26. The largest absolute Gasteiger partial charge is 0.485 e. The van der Waals surface area contributed by atoms with Gasteiger partial charge < -0.3 is 4.74 Å². The Morgan fingerprint density at radius 1 is 0.920 bits per heavy atom. The molecule has 1 nitrogen and oxygen atoms in total. The predicted molar refractivity (Wildman–Crippen MR) is 105 cm³/mol. The van der Waals surface area contributed by atoms with Gasteiger partial charge in [-0.2, -0.15) is 0 Å². The summed E-state index contributed by atoms with van der Waals surface area (Å²) < 4.78 is 6.26. The number of aryl methyl sites for hydroxylation is 1. The second-order valence-electron chi connectivity index (χ2n) is 6.59. The monoisotopic (exact) mass is 326 g/mol. The van der Waals surface area contributed by atoms with Gasteiger partial charge in [0.1, 0.15) is 11.9 Å². The molecule has 1 heterocycles. The van der Waals surface area contributed by atoms with E-state index >= 15 is 0 Å². The molecule has 4 rings (SSSR count). The van der Waals surface area contributed by atoms with Crippen molar-refractivity contribution in [3.05, 3.63) is 96.1 Å². The van der Waals surface area contributed by atoms with Crippen molar-refractivity contribution in [2.45, 2.75) is 25.9 Å². The molecule has 1 atom stereocenters. The molecule has 1 unspecified atom stereocenters. The second kappa shape index (κ2) is 6.60. The Hall–Kier alpha value is -2.80. The quantitative estimate of drug-likeness (QED) is 0.537. The summed E-state index contributed by atoms with van der Waals surface area (Å²) in [6.45, 7) is 6.51. The van der Waals surface area contributed by atoms with Crippen LogP contribution in [0.1, 0.15) is 36.1 Å². The fourth-order valence-corrected chi connectivity index (χ4v) is 3.44. The molecule has 0 aromatic heterocycles. The molecule has 3 aromatic rings. The first kappa shape index (κ1) is 15.7. The van der Waals surface area contributed by atoms with E-state index in [0.29, 0.717) is 0 Å². The molecule has 1 aliphatic rings. The van der Waals surface area contributed by atoms with Gasteiger partial charge in [0.25, 0.3) is 0 Å². The van der Waals surface area contributed by atoms with Gasteiger partial charge in [-0.3, -0.25) is 0 Å². The molecule has 25 heavy (non-hydrogen) atoms. The number of hydrogen-bond acceptors (Lipinski definition) is 1. The van der Waals surface area contributed by atoms with E-state index in [4.69, 9.17) is 4.74 Å². The molecule has 0 N–H and O–H groups in total. The Labute approximate surface area is 149 Å². The Balaban J connectivity index is 1.68.